The number of hydrogen-bond donors (Lipinski definition) is 0. The first-order chi connectivity index (χ1) is 32.2. The van der Waals surface area contributed by atoms with E-state index in [1.54, 1.807) is 0 Å². The van der Waals surface area contributed by atoms with Crippen molar-refractivity contribution >= 4 is 21.5 Å². The molecule has 4 nitrogen and oxygen atoms in total. The maximum Gasteiger partial charge on any atom is 0.178 e. The standard InChI is InChI=1S/C61H38N2O2/c1-4-16-40(17-5-1)53-38-54(63-60(62-53)45-29-31-49-43(36-45)28-27-39-15-10-11-24-48(39)49)44-19-14-18-41(35-44)42-30-33-55-57(37-42)64-56-34-32-52-58(59(56)65-55)50-25-12-13-26-51(50)61(52,46-20-6-2-7-21-46)47-22-8-3-9-23-47/h1-38H. The highest BCUT2D eigenvalue weighted by molar-refractivity contribution is 6.08. The molecule has 0 saturated carbocycles. The second-order valence-electron chi connectivity index (χ2n) is 16.8. The Kier molecular flexibility index (Phi) is 8.40. The Bertz CT molecular complexity index is 3620. The van der Waals surface area contributed by atoms with Gasteiger partial charge in [0, 0.05) is 22.3 Å². The number of hydrogen-bond acceptors (Lipinski definition) is 4. The van der Waals surface area contributed by atoms with Crippen LogP contribution < -0.4 is 9.47 Å². The monoisotopic (exact) mass is 830 g/mol. The van der Waals surface area contributed by atoms with E-state index in [1.807, 2.05) is 24.3 Å². The van der Waals surface area contributed by atoms with E-state index >= 15 is 0 Å². The van der Waals surface area contributed by atoms with Gasteiger partial charge in [-0.25, -0.2) is 9.97 Å². The highest BCUT2D eigenvalue weighted by atomic mass is 16.6. The average molecular weight is 831 g/mol. The van der Waals surface area contributed by atoms with E-state index in [1.165, 1.54) is 38.4 Å². The van der Waals surface area contributed by atoms with E-state index in [9.17, 15) is 0 Å². The lowest BCUT2D eigenvalue weighted by molar-refractivity contribution is 0.360. The number of benzene rings is 10. The van der Waals surface area contributed by atoms with Crippen LogP contribution in [0.15, 0.2) is 231 Å². The fourth-order valence-corrected chi connectivity index (χ4v) is 10.2. The minimum Gasteiger partial charge on any atom is -0.449 e. The SMILES string of the molecule is c1ccc(-c2cc(-c3cccc(-c4ccc5c(c4)Oc4ccc6c(c4O5)-c4ccccc4C6(c4ccccc4)c4ccccc4)c3)nc(-c3ccc4c(ccc5ccccc54)c3)n2)cc1. The molecule has 0 fully saturated rings. The first-order valence-corrected chi connectivity index (χ1v) is 22.0. The summed E-state index contributed by atoms with van der Waals surface area (Å²) in [6.45, 7) is 0. The van der Waals surface area contributed by atoms with Crippen LogP contribution in [0.4, 0.5) is 0 Å². The van der Waals surface area contributed by atoms with Gasteiger partial charge in [0.25, 0.3) is 0 Å². The van der Waals surface area contributed by atoms with Crippen LogP contribution in [0.2, 0.25) is 0 Å². The molecule has 1 aliphatic carbocycles. The Morgan fingerprint density at radius 1 is 0.338 bits per heavy atom. The third-order valence-corrected chi connectivity index (χ3v) is 13.2. The Labute approximate surface area is 376 Å². The predicted molar refractivity (Wildman–Crippen MR) is 263 cm³/mol. The van der Waals surface area contributed by atoms with Crippen LogP contribution >= 0.6 is 0 Å². The summed E-state index contributed by atoms with van der Waals surface area (Å²) >= 11 is 0. The molecule has 0 radical (unpaired) electrons. The van der Waals surface area contributed by atoms with Crippen molar-refractivity contribution in [2.75, 3.05) is 0 Å². The summed E-state index contributed by atoms with van der Waals surface area (Å²) in [6.07, 6.45) is 0. The number of ether oxygens (including phenoxy) is 2. The highest BCUT2D eigenvalue weighted by Gasteiger charge is 2.48. The van der Waals surface area contributed by atoms with E-state index in [2.05, 4.69) is 206 Å². The second kappa shape index (κ2) is 14.8. The van der Waals surface area contributed by atoms with Crippen LogP contribution in [0.1, 0.15) is 22.3 Å². The van der Waals surface area contributed by atoms with Crippen LogP contribution in [0.3, 0.4) is 0 Å². The van der Waals surface area contributed by atoms with Gasteiger partial charge < -0.3 is 9.47 Å². The summed E-state index contributed by atoms with van der Waals surface area (Å²) in [6, 6.07) is 81.3. The lowest BCUT2D eigenvalue weighted by Crippen LogP contribution is -2.28. The van der Waals surface area contributed by atoms with Crippen LogP contribution in [0, 0.1) is 0 Å². The van der Waals surface area contributed by atoms with Crippen molar-refractivity contribution in [3.8, 4) is 79.2 Å². The van der Waals surface area contributed by atoms with Gasteiger partial charge in [0.1, 0.15) is 0 Å². The number of aromatic nitrogens is 2. The predicted octanol–water partition coefficient (Wildman–Crippen LogP) is 15.7. The molecule has 2 heterocycles. The maximum atomic E-state index is 6.94. The molecule has 1 aliphatic heterocycles. The first kappa shape index (κ1) is 37.0. The molecule has 0 bridgehead atoms. The molecule has 304 valence electrons. The molecule has 0 saturated heterocycles. The van der Waals surface area contributed by atoms with Gasteiger partial charge in [-0.15, -0.1) is 0 Å². The summed E-state index contributed by atoms with van der Waals surface area (Å²) in [5.41, 5.74) is 13.2. The topological polar surface area (TPSA) is 44.2 Å². The zero-order chi connectivity index (χ0) is 42.9. The molecule has 0 amide bonds. The Morgan fingerprint density at radius 3 is 1.77 bits per heavy atom. The summed E-state index contributed by atoms with van der Waals surface area (Å²) in [5.74, 6) is 3.45. The molecule has 11 aromatic rings. The van der Waals surface area contributed by atoms with Gasteiger partial charge in [-0.1, -0.05) is 194 Å². The lowest BCUT2D eigenvalue weighted by Gasteiger charge is -2.34. The largest absolute Gasteiger partial charge is 0.449 e. The van der Waals surface area contributed by atoms with Crippen molar-refractivity contribution in [3.05, 3.63) is 253 Å². The zero-order valence-electron chi connectivity index (χ0n) is 35.2. The summed E-state index contributed by atoms with van der Waals surface area (Å²) in [5, 5.41) is 4.83. The van der Waals surface area contributed by atoms with Gasteiger partial charge in [0.2, 0.25) is 0 Å². The van der Waals surface area contributed by atoms with Gasteiger partial charge >= 0.3 is 0 Å². The van der Waals surface area contributed by atoms with Gasteiger partial charge in [-0.2, -0.15) is 0 Å². The molecule has 10 aromatic carbocycles. The first-order valence-electron chi connectivity index (χ1n) is 22.0. The molecule has 0 atom stereocenters. The number of rotatable bonds is 6. The molecule has 0 unspecified atom stereocenters. The second-order valence-corrected chi connectivity index (χ2v) is 16.8. The smallest absolute Gasteiger partial charge is 0.178 e. The van der Waals surface area contributed by atoms with Crippen molar-refractivity contribution in [2.24, 2.45) is 0 Å². The molecular weight excluding hydrogens is 793 g/mol. The zero-order valence-corrected chi connectivity index (χ0v) is 35.2. The van der Waals surface area contributed by atoms with E-state index in [0.717, 1.165) is 61.5 Å². The fraction of sp³-hybridized carbons (Fsp3) is 0.0164. The van der Waals surface area contributed by atoms with Crippen LogP contribution in [0.25, 0.3) is 77.7 Å². The fourth-order valence-electron chi connectivity index (χ4n) is 10.2. The van der Waals surface area contributed by atoms with Gasteiger partial charge in [0.05, 0.1) is 16.8 Å². The van der Waals surface area contributed by atoms with Gasteiger partial charge in [-0.05, 0) is 96.9 Å². The van der Waals surface area contributed by atoms with Crippen molar-refractivity contribution < 1.29 is 9.47 Å². The Morgan fingerprint density at radius 2 is 0.954 bits per heavy atom. The third-order valence-electron chi connectivity index (χ3n) is 13.2. The third kappa shape index (κ3) is 5.92. The minimum absolute atomic E-state index is 0.529. The minimum atomic E-state index is -0.529. The van der Waals surface area contributed by atoms with E-state index in [0.29, 0.717) is 23.1 Å². The molecule has 0 spiro atoms. The van der Waals surface area contributed by atoms with Crippen molar-refractivity contribution in [2.45, 2.75) is 5.41 Å². The van der Waals surface area contributed by atoms with Crippen molar-refractivity contribution in [3.63, 3.8) is 0 Å². The van der Waals surface area contributed by atoms with Crippen LogP contribution in [-0.4, -0.2) is 9.97 Å². The Balaban J connectivity index is 0.879. The summed E-state index contributed by atoms with van der Waals surface area (Å²) in [4.78, 5) is 10.4. The Hall–Kier alpha value is -8.60. The van der Waals surface area contributed by atoms with Gasteiger partial charge in [-0.3, -0.25) is 0 Å². The molecule has 65 heavy (non-hydrogen) atoms. The lowest BCUT2D eigenvalue weighted by atomic mass is 9.68. The van der Waals surface area contributed by atoms with Crippen molar-refractivity contribution in [1.82, 2.24) is 9.97 Å². The molecule has 1 aromatic heterocycles. The van der Waals surface area contributed by atoms with Crippen LogP contribution in [0.5, 0.6) is 23.0 Å². The van der Waals surface area contributed by atoms with E-state index < -0.39 is 5.41 Å². The average Bonchev–Trinajstić information content (AvgIpc) is 3.70. The number of nitrogens with zero attached hydrogens (tertiary/aromatic N) is 2. The molecule has 0 N–H and O–H groups in total. The maximum absolute atomic E-state index is 6.94. The molecule has 13 rings (SSSR count). The molecular formula is C61H38N2O2. The number of fused-ring (bicyclic) bond motifs is 9. The van der Waals surface area contributed by atoms with E-state index in [-0.39, 0.29) is 0 Å². The van der Waals surface area contributed by atoms with E-state index in [4.69, 9.17) is 19.4 Å². The highest BCUT2D eigenvalue weighted by Crippen LogP contribution is 2.62. The van der Waals surface area contributed by atoms with Gasteiger partial charge in [0.15, 0.2) is 28.8 Å². The summed E-state index contributed by atoms with van der Waals surface area (Å²) in [7, 11) is 0. The quantitative estimate of drug-likeness (QED) is 0.157. The summed E-state index contributed by atoms with van der Waals surface area (Å²) < 4.78 is 13.8. The van der Waals surface area contributed by atoms with Crippen molar-refractivity contribution in [1.29, 1.82) is 0 Å². The molecule has 2 aliphatic rings. The van der Waals surface area contributed by atoms with Crippen LogP contribution in [-0.2, 0) is 5.41 Å². The normalized spacial score (nSPS) is 13.0. The molecule has 4 heteroatoms.